The number of carbonyl (C=O) groups excluding carboxylic acids is 1. The molecule has 2 N–H and O–H groups in total. The molecule has 1 amide bonds. The van der Waals surface area contributed by atoms with Crippen LogP contribution in [-0.2, 0) is 11.2 Å². The van der Waals surface area contributed by atoms with Gasteiger partial charge in [-0.15, -0.1) is 6.58 Å². The van der Waals surface area contributed by atoms with Crippen LogP contribution >= 0.6 is 0 Å². The molecule has 0 unspecified atom stereocenters. The molecule has 0 aliphatic heterocycles. The topological polar surface area (TPSA) is 82.4 Å². The van der Waals surface area contributed by atoms with Gasteiger partial charge in [-0.25, -0.2) is 0 Å². The lowest BCUT2D eigenvalue weighted by molar-refractivity contribution is -0.117. The van der Waals surface area contributed by atoms with E-state index in [1.807, 2.05) is 19.9 Å². The van der Waals surface area contributed by atoms with Gasteiger partial charge in [-0.3, -0.25) is 4.79 Å². The number of phenolic OH excluding ortho intramolecular Hbond substituents is 1. The first-order valence-corrected chi connectivity index (χ1v) is 6.86. The number of hydrogen-bond donors (Lipinski definition) is 2. The first kappa shape index (κ1) is 17.3. The van der Waals surface area contributed by atoms with E-state index in [4.69, 9.17) is 10.00 Å². The van der Waals surface area contributed by atoms with Gasteiger partial charge in [0.15, 0.2) is 11.5 Å². The zero-order chi connectivity index (χ0) is 16.7. The number of nitrogens with one attached hydrogen (secondary N) is 1. The minimum absolute atomic E-state index is 0.00834. The molecule has 1 aromatic carbocycles. The van der Waals surface area contributed by atoms with Crippen molar-refractivity contribution in [2.24, 2.45) is 0 Å². The summed E-state index contributed by atoms with van der Waals surface area (Å²) < 4.78 is 5.12. The Labute approximate surface area is 130 Å². The average Bonchev–Trinajstić information content (AvgIpc) is 2.46. The fourth-order valence-electron chi connectivity index (χ4n) is 1.89. The van der Waals surface area contributed by atoms with E-state index in [2.05, 4.69) is 11.9 Å². The Morgan fingerprint density at radius 2 is 2.23 bits per heavy atom. The smallest absolute Gasteiger partial charge is 0.262 e. The maximum absolute atomic E-state index is 11.9. The van der Waals surface area contributed by atoms with Crippen LogP contribution in [-0.4, -0.2) is 24.2 Å². The van der Waals surface area contributed by atoms with Gasteiger partial charge in [-0.05, 0) is 44.0 Å². The van der Waals surface area contributed by atoms with E-state index in [0.29, 0.717) is 17.5 Å². The predicted molar refractivity (Wildman–Crippen MR) is 85.4 cm³/mol. The fourth-order valence-corrected chi connectivity index (χ4v) is 1.89. The number of nitrogens with zero attached hydrogens (tertiary/aromatic N) is 1. The van der Waals surface area contributed by atoms with Crippen LogP contribution in [0.4, 0.5) is 0 Å². The summed E-state index contributed by atoms with van der Waals surface area (Å²) in [7, 11) is 1.44. The van der Waals surface area contributed by atoms with Crippen molar-refractivity contribution in [3.63, 3.8) is 0 Å². The van der Waals surface area contributed by atoms with Crippen molar-refractivity contribution in [2.75, 3.05) is 7.11 Å². The van der Waals surface area contributed by atoms with E-state index in [-0.39, 0.29) is 23.1 Å². The van der Waals surface area contributed by atoms with Gasteiger partial charge in [0, 0.05) is 11.6 Å². The number of rotatable bonds is 6. The number of carbonyl (C=O) groups is 1. The van der Waals surface area contributed by atoms with E-state index in [1.54, 1.807) is 18.2 Å². The molecule has 1 aromatic rings. The second-order valence-corrected chi connectivity index (χ2v) is 5.02. The van der Waals surface area contributed by atoms with Crippen molar-refractivity contribution in [3.05, 3.63) is 41.5 Å². The Bertz CT molecular complexity index is 640. The SMILES string of the molecule is C=CCc1cc(/C=C(/C#N)C(=O)NC(C)C)cc(OC)c1O. The van der Waals surface area contributed by atoms with Crippen LogP contribution in [0.15, 0.2) is 30.4 Å². The largest absolute Gasteiger partial charge is 0.504 e. The van der Waals surface area contributed by atoms with E-state index >= 15 is 0 Å². The number of aromatic hydroxyl groups is 1. The third-order valence-electron chi connectivity index (χ3n) is 2.86. The average molecular weight is 300 g/mol. The molecule has 116 valence electrons. The molecule has 0 bridgehead atoms. The van der Waals surface area contributed by atoms with E-state index in [1.165, 1.54) is 13.2 Å². The second kappa shape index (κ2) is 7.89. The second-order valence-electron chi connectivity index (χ2n) is 5.02. The minimum Gasteiger partial charge on any atom is -0.504 e. The predicted octanol–water partition coefficient (Wildman–Crippen LogP) is 2.56. The van der Waals surface area contributed by atoms with Crippen molar-refractivity contribution in [1.29, 1.82) is 5.26 Å². The van der Waals surface area contributed by atoms with Crippen molar-refractivity contribution in [3.8, 4) is 17.6 Å². The van der Waals surface area contributed by atoms with Gasteiger partial charge in [0.25, 0.3) is 5.91 Å². The summed E-state index contributed by atoms with van der Waals surface area (Å²) >= 11 is 0. The Kier molecular flexibility index (Phi) is 6.21. The van der Waals surface area contributed by atoms with Crippen LogP contribution < -0.4 is 10.1 Å². The Hall–Kier alpha value is -2.74. The minimum atomic E-state index is -0.435. The highest BCUT2D eigenvalue weighted by molar-refractivity contribution is 6.01. The third kappa shape index (κ3) is 4.38. The van der Waals surface area contributed by atoms with Crippen molar-refractivity contribution < 1.29 is 14.6 Å². The molecule has 0 aliphatic carbocycles. The summed E-state index contributed by atoms with van der Waals surface area (Å²) in [5, 5.41) is 21.8. The zero-order valence-electron chi connectivity index (χ0n) is 13.0. The highest BCUT2D eigenvalue weighted by Crippen LogP contribution is 2.32. The molecule has 22 heavy (non-hydrogen) atoms. The standard InChI is InChI=1S/C17H20N2O3/c1-5-6-13-7-12(9-15(22-4)16(13)20)8-14(10-18)17(21)19-11(2)3/h5,7-9,11,20H,1,6H2,2-4H3,(H,19,21)/b14-8-. The summed E-state index contributed by atoms with van der Waals surface area (Å²) in [5.74, 6) is -0.119. The molecule has 0 heterocycles. The van der Waals surface area contributed by atoms with Crippen LogP contribution in [0.25, 0.3) is 6.08 Å². The van der Waals surface area contributed by atoms with E-state index in [0.717, 1.165) is 0 Å². The lowest BCUT2D eigenvalue weighted by atomic mass is 10.0. The van der Waals surface area contributed by atoms with Gasteiger partial charge >= 0.3 is 0 Å². The number of methoxy groups -OCH3 is 1. The Morgan fingerprint density at radius 3 is 2.73 bits per heavy atom. The summed E-state index contributed by atoms with van der Waals surface area (Å²) in [4.78, 5) is 11.9. The van der Waals surface area contributed by atoms with Crippen LogP contribution in [0.3, 0.4) is 0 Å². The summed E-state index contributed by atoms with van der Waals surface area (Å²) in [6.07, 6.45) is 3.56. The van der Waals surface area contributed by atoms with Gasteiger partial charge in [0.2, 0.25) is 0 Å². The maximum Gasteiger partial charge on any atom is 0.262 e. The number of benzene rings is 1. The van der Waals surface area contributed by atoms with Crippen LogP contribution in [0.2, 0.25) is 0 Å². The normalized spacial score (nSPS) is 11.0. The molecule has 1 rings (SSSR count). The van der Waals surface area contributed by atoms with Crippen LogP contribution in [0.5, 0.6) is 11.5 Å². The molecular formula is C17H20N2O3. The molecule has 0 aromatic heterocycles. The lowest BCUT2D eigenvalue weighted by Crippen LogP contribution is -2.30. The number of phenols is 1. The number of amides is 1. The summed E-state index contributed by atoms with van der Waals surface area (Å²) in [5.41, 5.74) is 1.20. The first-order chi connectivity index (χ1) is 10.4. The van der Waals surface area contributed by atoms with E-state index < -0.39 is 5.91 Å². The summed E-state index contributed by atoms with van der Waals surface area (Å²) in [6, 6.07) is 5.09. The molecule has 0 fully saturated rings. The molecule has 5 nitrogen and oxygen atoms in total. The first-order valence-electron chi connectivity index (χ1n) is 6.86. The number of hydrogen-bond acceptors (Lipinski definition) is 4. The molecular weight excluding hydrogens is 280 g/mol. The zero-order valence-corrected chi connectivity index (χ0v) is 13.0. The molecule has 0 aliphatic rings. The molecule has 0 saturated carbocycles. The highest BCUT2D eigenvalue weighted by atomic mass is 16.5. The Morgan fingerprint density at radius 1 is 1.55 bits per heavy atom. The van der Waals surface area contributed by atoms with Gasteiger partial charge in [0.1, 0.15) is 11.6 Å². The lowest BCUT2D eigenvalue weighted by Gasteiger charge is -2.10. The fraction of sp³-hybridized carbons (Fsp3) is 0.294. The molecule has 5 heteroatoms. The molecule has 0 saturated heterocycles. The van der Waals surface area contributed by atoms with Crippen molar-refractivity contribution in [1.82, 2.24) is 5.32 Å². The number of allylic oxidation sites excluding steroid dienone is 1. The number of nitriles is 1. The van der Waals surface area contributed by atoms with Crippen LogP contribution in [0, 0.1) is 11.3 Å². The number of ether oxygens (including phenoxy) is 1. The van der Waals surface area contributed by atoms with E-state index in [9.17, 15) is 9.90 Å². The quantitative estimate of drug-likeness (QED) is 0.480. The third-order valence-corrected chi connectivity index (χ3v) is 2.86. The van der Waals surface area contributed by atoms with Gasteiger partial charge in [-0.1, -0.05) is 6.08 Å². The summed E-state index contributed by atoms with van der Waals surface area (Å²) in [6.45, 7) is 7.27. The van der Waals surface area contributed by atoms with Gasteiger partial charge in [-0.2, -0.15) is 5.26 Å². The maximum atomic E-state index is 11.9. The monoisotopic (exact) mass is 300 g/mol. The molecule has 0 radical (unpaired) electrons. The Balaban J connectivity index is 3.27. The van der Waals surface area contributed by atoms with Crippen LogP contribution in [0.1, 0.15) is 25.0 Å². The molecule has 0 spiro atoms. The van der Waals surface area contributed by atoms with Crippen molar-refractivity contribution in [2.45, 2.75) is 26.3 Å². The van der Waals surface area contributed by atoms with Gasteiger partial charge < -0.3 is 15.2 Å². The van der Waals surface area contributed by atoms with Crippen molar-refractivity contribution >= 4 is 12.0 Å². The highest BCUT2D eigenvalue weighted by Gasteiger charge is 2.13. The molecule has 0 atom stereocenters. The van der Waals surface area contributed by atoms with Gasteiger partial charge in [0.05, 0.1) is 7.11 Å².